The van der Waals surface area contributed by atoms with Crippen molar-refractivity contribution in [1.29, 1.82) is 0 Å². The summed E-state index contributed by atoms with van der Waals surface area (Å²) in [5.41, 5.74) is 0.473. The molecule has 0 amide bonds. The molecule has 17 heavy (non-hydrogen) atoms. The van der Waals surface area contributed by atoms with Gasteiger partial charge in [0.1, 0.15) is 5.60 Å². The first kappa shape index (κ1) is 12.8. The second-order valence-corrected chi connectivity index (χ2v) is 5.68. The number of hydrogen-bond donors (Lipinski definition) is 0. The van der Waals surface area contributed by atoms with Gasteiger partial charge in [-0.25, -0.2) is 0 Å². The number of carbonyl (C=O) groups excluding carboxylic acids is 1. The molecule has 1 heterocycles. The molecule has 1 unspecified atom stereocenters. The highest BCUT2D eigenvalue weighted by Crippen LogP contribution is 2.27. The maximum absolute atomic E-state index is 12.3. The van der Waals surface area contributed by atoms with Gasteiger partial charge in [0, 0.05) is 17.5 Å². The third kappa shape index (κ3) is 3.17. The quantitative estimate of drug-likeness (QED) is 0.853. The number of hydrogen-bond acceptors (Lipinski definition) is 2. The topological polar surface area (TPSA) is 26.3 Å². The Bertz CT molecular complexity index is 408. The van der Waals surface area contributed by atoms with E-state index in [1.807, 2.05) is 31.2 Å². The molecule has 1 fully saturated rings. The van der Waals surface area contributed by atoms with E-state index in [1.165, 1.54) is 0 Å². The van der Waals surface area contributed by atoms with E-state index in [1.54, 1.807) is 0 Å². The van der Waals surface area contributed by atoms with Crippen LogP contribution in [0, 0.1) is 0 Å². The summed E-state index contributed by atoms with van der Waals surface area (Å²) in [6.45, 7) is 2.63. The van der Waals surface area contributed by atoms with E-state index in [2.05, 4.69) is 15.9 Å². The Balaban J connectivity index is 2.05. The van der Waals surface area contributed by atoms with Gasteiger partial charge in [0.15, 0.2) is 5.78 Å². The van der Waals surface area contributed by atoms with Gasteiger partial charge < -0.3 is 4.74 Å². The fraction of sp³-hybridized carbons (Fsp3) is 0.500. The summed E-state index contributed by atoms with van der Waals surface area (Å²) in [5, 5.41) is 0. The highest BCUT2D eigenvalue weighted by atomic mass is 79.9. The van der Waals surface area contributed by atoms with Crippen LogP contribution in [0.3, 0.4) is 0 Å². The van der Waals surface area contributed by atoms with Crippen LogP contribution in [0.15, 0.2) is 28.7 Å². The zero-order chi connectivity index (χ0) is 12.3. The molecule has 0 spiro atoms. The van der Waals surface area contributed by atoms with Crippen molar-refractivity contribution in [3.8, 4) is 0 Å². The number of carbonyl (C=O) groups is 1. The molecule has 0 bridgehead atoms. The first-order valence-electron chi connectivity index (χ1n) is 6.02. The molecule has 1 atom stereocenters. The fourth-order valence-electron chi connectivity index (χ4n) is 2.17. The second-order valence-electron chi connectivity index (χ2n) is 4.77. The molecule has 2 nitrogen and oxygen atoms in total. The molecule has 1 aromatic carbocycles. The van der Waals surface area contributed by atoms with Crippen LogP contribution in [0.25, 0.3) is 0 Å². The van der Waals surface area contributed by atoms with Gasteiger partial charge in [-0.05, 0) is 43.9 Å². The zero-order valence-corrected chi connectivity index (χ0v) is 11.6. The minimum absolute atomic E-state index is 0.190. The SMILES string of the molecule is CC1(C(=O)Cc2cccc(Br)c2)CCCCO1. The van der Waals surface area contributed by atoms with Crippen molar-refractivity contribution in [2.24, 2.45) is 0 Å². The lowest BCUT2D eigenvalue weighted by molar-refractivity contribution is -0.147. The first-order chi connectivity index (χ1) is 8.10. The summed E-state index contributed by atoms with van der Waals surface area (Å²) >= 11 is 3.42. The lowest BCUT2D eigenvalue weighted by atomic mass is 9.88. The van der Waals surface area contributed by atoms with Crippen LogP contribution >= 0.6 is 15.9 Å². The van der Waals surface area contributed by atoms with E-state index in [4.69, 9.17) is 4.74 Å². The van der Waals surface area contributed by atoms with E-state index < -0.39 is 5.60 Å². The van der Waals surface area contributed by atoms with Crippen LogP contribution in [-0.4, -0.2) is 18.0 Å². The van der Waals surface area contributed by atoms with Gasteiger partial charge in [-0.3, -0.25) is 4.79 Å². The van der Waals surface area contributed by atoms with Gasteiger partial charge in [0.05, 0.1) is 0 Å². The summed E-state index contributed by atoms with van der Waals surface area (Å²) < 4.78 is 6.68. The normalized spacial score (nSPS) is 24.6. The van der Waals surface area contributed by atoms with Gasteiger partial charge in [0.25, 0.3) is 0 Å². The molecule has 1 saturated heterocycles. The van der Waals surface area contributed by atoms with Crippen LogP contribution in [-0.2, 0) is 16.0 Å². The standard InChI is InChI=1S/C14H17BrO2/c1-14(7-2-3-8-17-14)13(16)10-11-5-4-6-12(15)9-11/h4-6,9H,2-3,7-8,10H2,1H3. The number of ether oxygens (including phenoxy) is 1. The Kier molecular flexibility index (Phi) is 4.00. The van der Waals surface area contributed by atoms with Crippen molar-refractivity contribution in [1.82, 2.24) is 0 Å². The van der Waals surface area contributed by atoms with Crippen molar-refractivity contribution in [2.75, 3.05) is 6.61 Å². The highest BCUT2D eigenvalue weighted by molar-refractivity contribution is 9.10. The molecule has 1 aromatic rings. The summed E-state index contributed by atoms with van der Waals surface area (Å²) in [4.78, 5) is 12.3. The smallest absolute Gasteiger partial charge is 0.168 e. The third-order valence-electron chi connectivity index (χ3n) is 3.31. The van der Waals surface area contributed by atoms with Gasteiger partial charge in [0.2, 0.25) is 0 Å². The largest absolute Gasteiger partial charge is 0.367 e. The van der Waals surface area contributed by atoms with Crippen molar-refractivity contribution in [3.05, 3.63) is 34.3 Å². The zero-order valence-electron chi connectivity index (χ0n) is 10.0. The lowest BCUT2D eigenvalue weighted by Gasteiger charge is -2.32. The Morgan fingerprint density at radius 2 is 2.29 bits per heavy atom. The van der Waals surface area contributed by atoms with E-state index in [0.717, 1.165) is 29.3 Å². The Labute approximate surface area is 110 Å². The predicted molar refractivity (Wildman–Crippen MR) is 71.1 cm³/mol. The number of Topliss-reactive ketones (excluding diaryl/α,β-unsaturated/α-hetero) is 1. The average molecular weight is 297 g/mol. The molecule has 0 saturated carbocycles. The second kappa shape index (κ2) is 5.32. The summed E-state index contributed by atoms with van der Waals surface area (Å²) in [7, 11) is 0. The fourth-order valence-corrected chi connectivity index (χ4v) is 2.62. The molecule has 3 heteroatoms. The van der Waals surface area contributed by atoms with Crippen LogP contribution in [0.5, 0.6) is 0 Å². The first-order valence-corrected chi connectivity index (χ1v) is 6.81. The molecule has 0 aromatic heterocycles. The molecule has 0 aliphatic carbocycles. The maximum Gasteiger partial charge on any atom is 0.168 e. The summed E-state index contributed by atoms with van der Waals surface area (Å²) in [6, 6.07) is 7.89. The van der Waals surface area contributed by atoms with Crippen molar-refractivity contribution in [3.63, 3.8) is 0 Å². The maximum atomic E-state index is 12.3. The number of benzene rings is 1. The van der Waals surface area contributed by atoms with Crippen molar-refractivity contribution >= 4 is 21.7 Å². The highest BCUT2D eigenvalue weighted by Gasteiger charge is 2.35. The molecular weight excluding hydrogens is 280 g/mol. The van der Waals surface area contributed by atoms with Gasteiger partial charge in [-0.15, -0.1) is 0 Å². The van der Waals surface area contributed by atoms with Crippen LogP contribution < -0.4 is 0 Å². The Morgan fingerprint density at radius 3 is 2.94 bits per heavy atom. The Morgan fingerprint density at radius 1 is 1.47 bits per heavy atom. The van der Waals surface area contributed by atoms with E-state index >= 15 is 0 Å². The Hall–Kier alpha value is -0.670. The third-order valence-corrected chi connectivity index (χ3v) is 3.81. The molecule has 0 radical (unpaired) electrons. The van der Waals surface area contributed by atoms with Gasteiger partial charge >= 0.3 is 0 Å². The molecule has 2 rings (SSSR count). The molecule has 1 aliphatic heterocycles. The predicted octanol–water partition coefficient (Wildman–Crippen LogP) is 3.52. The van der Waals surface area contributed by atoms with Crippen molar-refractivity contribution < 1.29 is 9.53 Å². The monoisotopic (exact) mass is 296 g/mol. The minimum atomic E-state index is -0.569. The molecule has 1 aliphatic rings. The number of rotatable bonds is 3. The number of ketones is 1. The van der Waals surface area contributed by atoms with E-state index in [9.17, 15) is 4.79 Å². The molecule has 0 N–H and O–H groups in total. The van der Waals surface area contributed by atoms with Crippen LogP contribution in [0.2, 0.25) is 0 Å². The van der Waals surface area contributed by atoms with Crippen LogP contribution in [0.1, 0.15) is 31.7 Å². The minimum Gasteiger partial charge on any atom is -0.367 e. The van der Waals surface area contributed by atoms with Gasteiger partial charge in [-0.1, -0.05) is 28.1 Å². The number of halogens is 1. The summed E-state index contributed by atoms with van der Waals surface area (Å²) in [6.07, 6.45) is 3.45. The van der Waals surface area contributed by atoms with E-state index in [-0.39, 0.29) is 5.78 Å². The van der Waals surface area contributed by atoms with E-state index in [0.29, 0.717) is 13.0 Å². The molecular formula is C14H17BrO2. The average Bonchev–Trinajstić information content (AvgIpc) is 2.30. The van der Waals surface area contributed by atoms with Gasteiger partial charge in [-0.2, -0.15) is 0 Å². The molecule has 92 valence electrons. The summed E-state index contributed by atoms with van der Waals surface area (Å²) in [5.74, 6) is 0.190. The lowest BCUT2D eigenvalue weighted by Crippen LogP contribution is -2.42. The van der Waals surface area contributed by atoms with Crippen LogP contribution in [0.4, 0.5) is 0 Å². The van der Waals surface area contributed by atoms with Crippen molar-refractivity contribution in [2.45, 2.75) is 38.2 Å².